The van der Waals surface area contributed by atoms with Crippen LogP contribution in [0.1, 0.15) is 33.8 Å². The first kappa shape index (κ1) is 13.6. The van der Waals surface area contributed by atoms with Gasteiger partial charge in [0.25, 0.3) is 5.91 Å². The fourth-order valence-electron chi connectivity index (χ4n) is 2.60. The summed E-state index contributed by atoms with van der Waals surface area (Å²) >= 11 is 7.72. The van der Waals surface area contributed by atoms with E-state index in [0.29, 0.717) is 12.1 Å². The van der Waals surface area contributed by atoms with Crippen LogP contribution in [0.2, 0.25) is 5.02 Å². The molecule has 0 N–H and O–H groups in total. The zero-order valence-corrected chi connectivity index (χ0v) is 12.5. The van der Waals surface area contributed by atoms with E-state index in [9.17, 15) is 9.18 Å². The standard InChI is InChI=1S/C15H13ClFNOS/c1-9-11-5-7-20-14(11)4-6-18(9)15(19)12-3-2-10(17)8-13(12)16/h2-3,5,7-9H,4,6H2,1H3. The second-order valence-corrected chi connectivity index (χ2v) is 6.26. The summed E-state index contributed by atoms with van der Waals surface area (Å²) in [4.78, 5) is 15.7. The summed E-state index contributed by atoms with van der Waals surface area (Å²) in [5.74, 6) is -0.572. The minimum absolute atomic E-state index is 0.0265. The number of fused-ring (bicyclic) bond motifs is 1. The van der Waals surface area contributed by atoms with Crippen molar-refractivity contribution >= 4 is 28.8 Å². The number of hydrogen-bond acceptors (Lipinski definition) is 2. The molecule has 2 nitrogen and oxygen atoms in total. The number of thiophene rings is 1. The lowest BCUT2D eigenvalue weighted by Crippen LogP contribution is -2.38. The Bertz CT molecular complexity index is 670. The van der Waals surface area contributed by atoms with E-state index in [1.54, 1.807) is 16.2 Å². The molecule has 0 bridgehead atoms. The molecule has 1 unspecified atom stereocenters. The Hall–Kier alpha value is -1.39. The maximum atomic E-state index is 13.1. The zero-order valence-electron chi connectivity index (χ0n) is 10.9. The van der Waals surface area contributed by atoms with Gasteiger partial charge in [-0.1, -0.05) is 11.6 Å². The molecule has 1 aromatic carbocycles. The van der Waals surface area contributed by atoms with E-state index in [1.807, 2.05) is 6.92 Å². The van der Waals surface area contributed by atoms with Gasteiger partial charge in [0.2, 0.25) is 0 Å². The first-order valence-corrected chi connectivity index (χ1v) is 7.66. The minimum atomic E-state index is -0.432. The molecule has 104 valence electrons. The first-order chi connectivity index (χ1) is 9.58. The van der Waals surface area contributed by atoms with Crippen molar-refractivity contribution in [3.05, 3.63) is 56.5 Å². The van der Waals surface area contributed by atoms with Crippen molar-refractivity contribution in [3.8, 4) is 0 Å². The largest absolute Gasteiger partial charge is 0.331 e. The second-order valence-electron chi connectivity index (χ2n) is 4.85. The highest BCUT2D eigenvalue weighted by Crippen LogP contribution is 2.34. The van der Waals surface area contributed by atoms with Crippen molar-refractivity contribution in [2.24, 2.45) is 0 Å². The molecular weight excluding hydrogens is 297 g/mol. The third-order valence-electron chi connectivity index (χ3n) is 3.70. The van der Waals surface area contributed by atoms with Crippen LogP contribution in [0.5, 0.6) is 0 Å². The normalized spacial score (nSPS) is 17.9. The molecule has 1 amide bonds. The van der Waals surface area contributed by atoms with Crippen molar-refractivity contribution in [1.29, 1.82) is 0 Å². The van der Waals surface area contributed by atoms with Crippen molar-refractivity contribution < 1.29 is 9.18 Å². The molecule has 1 aliphatic heterocycles. The topological polar surface area (TPSA) is 20.3 Å². The molecule has 20 heavy (non-hydrogen) atoms. The first-order valence-electron chi connectivity index (χ1n) is 6.40. The number of carbonyl (C=O) groups is 1. The van der Waals surface area contributed by atoms with Gasteiger partial charge in [0.1, 0.15) is 5.82 Å². The molecule has 1 atom stereocenters. The number of hydrogen-bond donors (Lipinski definition) is 0. The van der Waals surface area contributed by atoms with Crippen LogP contribution in [0, 0.1) is 5.82 Å². The van der Waals surface area contributed by atoms with Gasteiger partial charge in [0.05, 0.1) is 16.6 Å². The Kier molecular flexibility index (Phi) is 3.52. The molecule has 0 aliphatic carbocycles. The smallest absolute Gasteiger partial charge is 0.255 e. The van der Waals surface area contributed by atoms with Crippen LogP contribution < -0.4 is 0 Å². The Morgan fingerprint density at radius 2 is 2.25 bits per heavy atom. The van der Waals surface area contributed by atoms with Crippen molar-refractivity contribution in [3.63, 3.8) is 0 Å². The van der Waals surface area contributed by atoms with Crippen LogP contribution in [0.3, 0.4) is 0 Å². The molecule has 0 saturated heterocycles. The average Bonchev–Trinajstić information content (AvgIpc) is 2.87. The lowest BCUT2D eigenvalue weighted by molar-refractivity contribution is 0.0679. The average molecular weight is 310 g/mol. The van der Waals surface area contributed by atoms with Gasteiger partial charge in [-0.2, -0.15) is 0 Å². The molecular formula is C15H13ClFNOS. The van der Waals surface area contributed by atoms with Gasteiger partial charge in [0.15, 0.2) is 0 Å². The highest BCUT2D eigenvalue weighted by Gasteiger charge is 2.29. The number of halogens is 2. The van der Waals surface area contributed by atoms with Crippen molar-refractivity contribution in [2.75, 3.05) is 6.54 Å². The van der Waals surface area contributed by atoms with Crippen LogP contribution in [-0.4, -0.2) is 17.4 Å². The van der Waals surface area contributed by atoms with E-state index >= 15 is 0 Å². The molecule has 0 fully saturated rings. The summed E-state index contributed by atoms with van der Waals surface area (Å²) in [6, 6.07) is 5.99. The maximum absolute atomic E-state index is 13.1. The number of nitrogens with zero attached hydrogens (tertiary/aromatic N) is 1. The SMILES string of the molecule is CC1c2ccsc2CCN1C(=O)c1ccc(F)cc1Cl. The summed E-state index contributed by atoms with van der Waals surface area (Å²) in [5.41, 5.74) is 1.56. The maximum Gasteiger partial charge on any atom is 0.255 e. The van der Waals surface area contributed by atoms with E-state index in [4.69, 9.17) is 11.6 Å². The van der Waals surface area contributed by atoms with E-state index in [0.717, 1.165) is 6.42 Å². The summed E-state index contributed by atoms with van der Waals surface area (Å²) < 4.78 is 13.1. The predicted molar refractivity (Wildman–Crippen MR) is 78.9 cm³/mol. The number of carbonyl (C=O) groups excluding carboxylic acids is 1. The number of rotatable bonds is 1. The molecule has 2 aromatic rings. The fraction of sp³-hybridized carbons (Fsp3) is 0.267. The monoisotopic (exact) mass is 309 g/mol. The van der Waals surface area contributed by atoms with Gasteiger partial charge < -0.3 is 4.90 Å². The third-order valence-corrected chi connectivity index (χ3v) is 5.01. The molecule has 0 radical (unpaired) electrons. The summed E-state index contributed by atoms with van der Waals surface area (Å²) in [6.07, 6.45) is 0.863. The lowest BCUT2D eigenvalue weighted by Gasteiger charge is -2.34. The van der Waals surface area contributed by atoms with Crippen LogP contribution in [0.4, 0.5) is 4.39 Å². The lowest BCUT2D eigenvalue weighted by atomic mass is 10.0. The Morgan fingerprint density at radius 3 is 3.00 bits per heavy atom. The van der Waals surface area contributed by atoms with Crippen LogP contribution >= 0.6 is 22.9 Å². The van der Waals surface area contributed by atoms with Crippen LogP contribution in [0.15, 0.2) is 29.6 Å². The van der Waals surface area contributed by atoms with Gasteiger partial charge in [-0.3, -0.25) is 4.79 Å². The summed E-state index contributed by atoms with van der Waals surface area (Å²) in [7, 11) is 0. The summed E-state index contributed by atoms with van der Waals surface area (Å²) in [5, 5.41) is 2.22. The number of amides is 1. The van der Waals surface area contributed by atoms with E-state index in [1.165, 1.54) is 28.6 Å². The molecule has 0 saturated carbocycles. The van der Waals surface area contributed by atoms with Crippen LogP contribution in [-0.2, 0) is 6.42 Å². The quantitative estimate of drug-likeness (QED) is 0.769. The highest BCUT2D eigenvalue weighted by atomic mass is 35.5. The van der Waals surface area contributed by atoms with Gasteiger partial charge in [0, 0.05) is 11.4 Å². The van der Waals surface area contributed by atoms with Crippen molar-refractivity contribution in [1.82, 2.24) is 4.90 Å². The van der Waals surface area contributed by atoms with Crippen LogP contribution in [0.25, 0.3) is 0 Å². The third kappa shape index (κ3) is 2.23. The van der Waals surface area contributed by atoms with Gasteiger partial charge in [-0.15, -0.1) is 11.3 Å². The van der Waals surface area contributed by atoms with Gasteiger partial charge in [-0.05, 0) is 48.6 Å². The zero-order chi connectivity index (χ0) is 14.3. The van der Waals surface area contributed by atoms with E-state index < -0.39 is 5.82 Å². The Balaban J connectivity index is 1.92. The molecule has 0 spiro atoms. The fourth-order valence-corrected chi connectivity index (χ4v) is 3.82. The molecule has 3 rings (SSSR count). The Morgan fingerprint density at radius 1 is 1.45 bits per heavy atom. The number of benzene rings is 1. The Labute approximate surface area is 125 Å². The van der Waals surface area contributed by atoms with E-state index in [-0.39, 0.29) is 17.0 Å². The van der Waals surface area contributed by atoms with Gasteiger partial charge in [-0.25, -0.2) is 4.39 Å². The highest BCUT2D eigenvalue weighted by molar-refractivity contribution is 7.10. The van der Waals surface area contributed by atoms with Crippen molar-refractivity contribution in [2.45, 2.75) is 19.4 Å². The minimum Gasteiger partial charge on any atom is -0.331 e. The molecule has 2 heterocycles. The van der Waals surface area contributed by atoms with Gasteiger partial charge >= 0.3 is 0 Å². The predicted octanol–water partition coefficient (Wildman–Crippen LogP) is 4.30. The molecule has 1 aromatic heterocycles. The van der Waals surface area contributed by atoms with E-state index in [2.05, 4.69) is 11.4 Å². The second kappa shape index (κ2) is 5.19. The molecule has 1 aliphatic rings. The molecule has 5 heteroatoms. The summed E-state index contributed by atoms with van der Waals surface area (Å²) in [6.45, 7) is 2.68.